The van der Waals surface area contributed by atoms with Gasteiger partial charge in [0.2, 0.25) is 0 Å². The first kappa shape index (κ1) is 15.6. The SMILES string of the molecule is Cc1ccc(C(=O)NCC23CC(C(=O)O)(C2)C2(CCC2)O3)c(C)n1. The third kappa shape index (κ3) is 1.89. The van der Waals surface area contributed by atoms with Crippen molar-refractivity contribution in [2.24, 2.45) is 5.41 Å². The smallest absolute Gasteiger partial charge is 0.312 e. The molecule has 1 aromatic rings. The number of rotatable bonds is 4. The molecule has 6 heteroatoms. The lowest BCUT2D eigenvalue weighted by atomic mass is 9.51. The lowest BCUT2D eigenvalue weighted by molar-refractivity contribution is -0.163. The number of hydrogen-bond donors (Lipinski definition) is 2. The van der Waals surface area contributed by atoms with Gasteiger partial charge >= 0.3 is 5.97 Å². The highest BCUT2D eigenvalue weighted by Gasteiger charge is 2.79. The molecule has 1 amide bonds. The zero-order valence-electron chi connectivity index (χ0n) is 14.0. The molecule has 0 atom stereocenters. The van der Waals surface area contributed by atoms with E-state index in [1.54, 1.807) is 6.07 Å². The summed E-state index contributed by atoms with van der Waals surface area (Å²) in [7, 11) is 0. The van der Waals surface area contributed by atoms with Crippen molar-refractivity contribution in [2.45, 2.75) is 57.2 Å². The van der Waals surface area contributed by atoms with Gasteiger partial charge in [0, 0.05) is 12.2 Å². The second-order valence-corrected chi connectivity index (χ2v) is 7.64. The number of nitrogens with one attached hydrogen (secondary N) is 1. The lowest BCUT2D eigenvalue weighted by Gasteiger charge is -2.48. The minimum absolute atomic E-state index is 0.180. The van der Waals surface area contributed by atoms with E-state index in [-0.39, 0.29) is 5.91 Å². The van der Waals surface area contributed by atoms with Gasteiger partial charge in [0.1, 0.15) is 5.41 Å². The zero-order chi connectivity index (χ0) is 17.2. The maximum Gasteiger partial charge on any atom is 0.312 e. The summed E-state index contributed by atoms with van der Waals surface area (Å²) < 4.78 is 6.24. The molecule has 1 spiro atoms. The molecule has 4 aliphatic rings. The van der Waals surface area contributed by atoms with E-state index in [4.69, 9.17) is 4.74 Å². The van der Waals surface area contributed by atoms with E-state index in [0.717, 1.165) is 25.0 Å². The van der Waals surface area contributed by atoms with Crippen LogP contribution >= 0.6 is 0 Å². The standard InChI is InChI=1S/C18H22N2O4/c1-11-4-5-13(12(2)20-11)14(21)19-10-16-8-17(9-16,15(22)23)18(24-16)6-3-7-18/h4-5H,3,6-10H2,1-2H3,(H,19,21)(H,22,23). The van der Waals surface area contributed by atoms with Gasteiger partial charge in [0.15, 0.2) is 0 Å². The number of amides is 1. The van der Waals surface area contributed by atoms with Crippen molar-refractivity contribution in [2.75, 3.05) is 6.54 Å². The molecular formula is C18H22N2O4. The first-order chi connectivity index (χ1) is 11.3. The third-order valence-electron chi connectivity index (χ3n) is 6.14. The van der Waals surface area contributed by atoms with Gasteiger partial charge in [0.25, 0.3) is 5.91 Å². The van der Waals surface area contributed by atoms with Crippen molar-refractivity contribution in [3.8, 4) is 0 Å². The van der Waals surface area contributed by atoms with Crippen molar-refractivity contribution < 1.29 is 19.4 Å². The molecule has 0 aromatic carbocycles. The number of hydrogen-bond acceptors (Lipinski definition) is 4. The van der Waals surface area contributed by atoms with Crippen molar-refractivity contribution in [3.05, 3.63) is 29.1 Å². The molecular weight excluding hydrogens is 308 g/mol. The Balaban J connectivity index is 1.46. The van der Waals surface area contributed by atoms with Gasteiger partial charge in [-0.1, -0.05) is 0 Å². The average Bonchev–Trinajstić information content (AvgIpc) is 2.92. The summed E-state index contributed by atoms with van der Waals surface area (Å²) in [4.78, 5) is 28.5. The van der Waals surface area contributed by atoms with E-state index >= 15 is 0 Å². The Labute approximate surface area is 140 Å². The fourth-order valence-electron chi connectivity index (χ4n) is 4.80. The number of ether oxygens (including phenoxy) is 1. The summed E-state index contributed by atoms with van der Waals surface area (Å²) in [5.41, 5.74) is 0.375. The number of aryl methyl sites for hydroxylation is 2. The minimum atomic E-state index is -0.750. The number of carbonyl (C=O) groups is 2. The Bertz CT molecular complexity index is 733. The van der Waals surface area contributed by atoms with Gasteiger partial charge in [-0.05, 0) is 58.1 Å². The van der Waals surface area contributed by atoms with Gasteiger partial charge in [-0.2, -0.15) is 0 Å². The number of nitrogens with zero attached hydrogens (tertiary/aromatic N) is 1. The van der Waals surface area contributed by atoms with Gasteiger partial charge in [-0.25, -0.2) is 0 Å². The third-order valence-corrected chi connectivity index (χ3v) is 6.14. The number of carboxylic acids is 1. The van der Waals surface area contributed by atoms with Crippen LogP contribution < -0.4 is 5.32 Å². The van der Waals surface area contributed by atoms with Crippen LogP contribution in [-0.4, -0.2) is 39.7 Å². The molecule has 2 saturated heterocycles. The van der Waals surface area contributed by atoms with Crippen molar-refractivity contribution in [1.29, 1.82) is 0 Å². The number of aliphatic carboxylic acids is 1. The van der Waals surface area contributed by atoms with Crippen LogP contribution in [0.1, 0.15) is 53.8 Å². The molecule has 4 fully saturated rings. The van der Waals surface area contributed by atoms with Gasteiger partial charge in [-0.3, -0.25) is 14.6 Å². The normalized spacial score (nSPS) is 32.1. The zero-order valence-corrected chi connectivity index (χ0v) is 14.0. The lowest BCUT2D eigenvalue weighted by Crippen LogP contribution is -2.58. The first-order valence-corrected chi connectivity index (χ1v) is 8.48. The van der Waals surface area contributed by atoms with Gasteiger partial charge in [-0.15, -0.1) is 0 Å². The Kier molecular flexibility index (Phi) is 3.10. The predicted molar refractivity (Wildman–Crippen MR) is 85.7 cm³/mol. The second-order valence-electron chi connectivity index (χ2n) is 7.64. The fraction of sp³-hybridized carbons (Fsp3) is 0.611. The molecule has 128 valence electrons. The molecule has 0 radical (unpaired) electrons. The number of pyridine rings is 1. The molecule has 2 aliphatic carbocycles. The minimum Gasteiger partial charge on any atom is -0.481 e. The topological polar surface area (TPSA) is 88.5 Å². The first-order valence-electron chi connectivity index (χ1n) is 8.48. The summed E-state index contributed by atoms with van der Waals surface area (Å²) in [6.07, 6.45) is 3.65. The molecule has 24 heavy (non-hydrogen) atoms. The number of carboxylic acid groups (broad SMARTS) is 1. The highest BCUT2D eigenvalue weighted by Crippen LogP contribution is 2.71. The van der Waals surface area contributed by atoms with E-state index in [1.165, 1.54) is 0 Å². The van der Waals surface area contributed by atoms with Crippen LogP contribution in [0.25, 0.3) is 0 Å². The van der Waals surface area contributed by atoms with E-state index in [2.05, 4.69) is 10.3 Å². The molecule has 1 aromatic heterocycles. The van der Waals surface area contributed by atoms with Crippen molar-refractivity contribution in [3.63, 3.8) is 0 Å². The van der Waals surface area contributed by atoms with E-state index in [1.807, 2.05) is 19.9 Å². The molecule has 5 rings (SSSR count). The molecule has 2 aliphatic heterocycles. The van der Waals surface area contributed by atoms with E-state index < -0.39 is 22.6 Å². The highest BCUT2D eigenvalue weighted by atomic mass is 16.5. The van der Waals surface area contributed by atoms with Crippen molar-refractivity contribution >= 4 is 11.9 Å². The molecule has 6 nitrogen and oxygen atoms in total. The molecule has 0 unspecified atom stereocenters. The molecule has 3 heterocycles. The van der Waals surface area contributed by atoms with Crippen LogP contribution in [0.15, 0.2) is 12.1 Å². The highest BCUT2D eigenvalue weighted by molar-refractivity contribution is 5.95. The number of carbonyl (C=O) groups excluding carboxylic acids is 1. The largest absolute Gasteiger partial charge is 0.481 e. The molecule has 2 saturated carbocycles. The van der Waals surface area contributed by atoms with E-state index in [0.29, 0.717) is 30.6 Å². The maximum atomic E-state index is 12.4. The van der Waals surface area contributed by atoms with Gasteiger partial charge < -0.3 is 15.2 Å². The van der Waals surface area contributed by atoms with E-state index in [9.17, 15) is 14.7 Å². The molecule has 2 N–H and O–H groups in total. The van der Waals surface area contributed by atoms with Crippen LogP contribution in [0.4, 0.5) is 0 Å². The summed E-state index contributed by atoms with van der Waals surface area (Å²) >= 11 is 0. The summed E-state index contributed by atoms with van der Waals surface area (Å²) in [6.45, 7) is 4.06. The predicted octanol–water partition coefficient (Wildman–Crippen LogP) is 1.98. The van der Waals surface area contributed by atoms with Crippen LogP contribution in [0.5, 0.6) is 0 Å². The molecule has 2 bridgehead atoms. The van der Waals surface area contributed by atoms with Crippen LogP contribution in [0.3, 0.4) is 0 Å². The summed E-state index contributed by atoms with van der Waals surface area (Å²) in [5.74, 6) is -0.930. The van der Waals surface area contributed by atoms with Gasteiger partial charge in [0.05, 0.1) is 22.5 Å². The van der Waals surface area contributed by atoms with Crippen LogP contribution in [0, 0.1) is 19.3 Å². The Morgan fingerprint density at radius 2 is 2.00 bits per heavy atom. The second kappa shape index (κ2) is 4.79. The monoisotopic (exact) mass is 330 g/mol. The average molecular weight is 330 g/mol. The number of aromatic nitrogens is 1. The fourth-order valence-corrected chi connectivity index (χ4v) is 4.80. The maximum absolute atomic E-state index is 12.4. The Hall–Kier alpha value is -1.95. The Morgan fingerprint density at radius 3 is 2.50 bits per heavy atom. The van der Waals surface area contributed by atoms with Crippen molar-refractivity contribution in [1.82, 2.24) is 10.3 Å². The quantitative estimate of drug-likeness (QED) is 0.881. The summed E-state index contributed by atoms with van der Waals surface area (Å²) in [6, 6.07) is 3.59. The summed E-state index contributed by atoms with van der Waals surface area (Å²) in [5, 5.41) is 12.6. The van der Waals surface area contributed by atoms with Crippen LogP contribution in [-0.2, 0) is 9.53 Å². The Morgan fingerprint density at radius 1 is 1.29 bits per heavy atom. The van der Waals surface area contributed by atoms with Crippen LogP contribution in [0.2, 0.25) is 0 Å².